The van der Waals surface area contributed by atoms with Crippen LogP contribution in [-0.2, 0) is 4.79 Å². The lowest BCUT2D eigenvalue weighted by molar-refractivity contribution is -0.143. The van der Waals surface area contributed by atoms with Gasteiger partial charge in [0.05, 0.1) is 5.92 Å². The zero-order valence-electron chi connectivity index (χ0n) is 12.7. The van der Waals surface area contributed by atoms with Crippen molar-refractivity contribution in [2.75, 3.05) is 6.54 Å². The van der Waals surface area contributed by atoms with E-state index in [2.05, 4.69) is 4.90 Å². The van der Waals surface area contributed by atoms with E-state index in [-0.39, 0.29) is 12.0 Å². The van der Waals surface area contributed by atoms with E-state index in [1.54, 1.807) is 0 Å². The molecule has 0 spiro atoms. The predicted octanol–water partition coefficient (Wildman–Crippen LogP) is 3.08. The second-order valence-electron chi connectivity index (χ2n) is 7.19. The van der Waals surface area contributed by atoms with Crippen LogP contribution in [0.15, 0.2) is 0 Å². The lowest BCUT2D eigenvalue weighted by atomic mass is 9.77. The van der Waals surface area contributed by atoms with Gasteiger partial charge in [-0.25, -0.2) is 0 Å². The van der Waals surface area contributed by atoms with Crippen molar-refractivity contribution in [2.24, 2.45) is 17.6 Å². The van der Waals surface area contributed by atoms with E-state index < -0.39 is 0 Å². The van der Waals surface area contributed by atoms with Crippen LogP contribution in [0.25, 0.3) is 0 Å². The van der Waals surface area contributed by atoms with Gasteiger partial charge in [0.2, 0.25) is 5.91 Å². The second kappa shape index (κ2) is 6.46. The molecular weight excluding hydrogens is 248 g/mol. The zero-order chi connectivity index (χ0) is 13.9. The number of hydrogen-bond acceptors (Lipinski definition) is 2. The second-order valence-corrected chi connectivity index (χ2v) is 7.19. The highest BCUT2D eigenvalue weighted by Gasteiger charge is 2.39. The third kappa shape index (κ3) is 2.88. The van der Waals surface area contributed by atoms with Crippen LogP contribution < -0.4 is 5.73 Å². The maximum absolute atomic E-state index is 13.0. The van der Waals surface area contributed by atoms with Crippen LogP contribution >= 0.6 is 0 Å². The van der Waals surface area contributed by atoms with Crippen LogP contribution in [0.5, 0.6) is 0 Å². The molecule has 0 aromatic carbocycles. The molecule has 0 aromatic rings. The Labute approximate surface area is 123 Å². The Balaban J connectivity index is 1.71. The Hall–Kier alpha value is -0.570. The Morgan fingerprint density at radius 2 is 1.55 bits per heavy atom. The van der Waals surface area contributed by atoms with Crippen LogP contribution in [0.1, 0.15) is 70.6 Å². The van der Waals surface area contributed by atoms with Gasteiger partial charge in [0.1, 0.15) is 0 Å². The third-order valence-corrected chi connectivity index (χ3v) is 5.91. The van der Waals surface area contributed by atoms with Crippen LogP contribution in [0.2, 0.25) is 0 Å². The van der Waals surface area contributed by atoms with Gasteiger partial charge in [0, 0.05) is 18.6 Å². The minimum atomic E-state index is 0.106. The summed E-state index contributed by atoms with van der Waals surface area (Å²) in [5.41, 5.74) is 6.31. The van der Waals surface area contributed by atoms with Crippen molar-refractivity contribution in [3.8, 4) is 0 Å². The maximum atomic E-state index is 13.0. The Morgan fingerprint density at radius 1 is 0.850 bits per heavy atom. The minimum absolute atomic E-state index is 0.106. The molecule has 2 aliphatic carbocycles. The van der Waals surface area contributed by atoms with Gasteiger partial charge in [-0.3, -0.25) is 4.79 Å². The number of likely N-dealkylation sites (tertiary alicyclic amines) is 1. The van der Waals surface area contributed by atoms with E-state index in [9.17, 15) is 4.79 Å². The van der Waals surface area contributed by atoms with Crippen molar-refractivity contribution in [3.05, 3.63) is 0 Å². The van der Waals surface area contributed by atoms with Gasteiger partial charge in [0.25, 0.3) is 0 Å². The summed E-state index contributed by atoms with van der Waals surface area (Å²) in [5.74, 6) is 1.29. The molecule has 4 unspecified atom stereocenters. The molecule has 3 heteroatoms. The number of rotatable bonds is 1. The summed E-state index contributed by atoms with van der Waals surface area (Å²) < 4.78 is 0. The first kappa shape index (κ1) is 14.4. The first-order chi connectivity index (χ1) is 9.77. The van der Waals surface area contributed by atoms with E-state index in [0.717, 1.165) is 25.3 Å². The monoisotopic (exact) mass is 278 g/mol. The summed E-state index contributed by atoms with van der Waals surface area (Å²) in [5, 5.41) is 0. The molecule has 3 fully saturated rings. The van der Waals surface area contributed by atoms with E-state index in [1.165, 1.54) is 57.8 Å². The lowest BCUT2D eigenvalue weighted by Gasteiger charge is -2.45. The highest BCUT2D eigenvalue weighted by Crippen LogP contribution is 2.37. The minimum Gasteiger partial charge on any atom is -0.339 e. The van der Waals surface area contributed by atoms with Crippen molar-refractivity contribution >= 4 is 5.91 Å². The van der Waals surface area contributed by atoms with Crippen molar-refractivity contribution < 1.29 is 4.79 Å². The quantitative estimate of drug-likeness (QED) is 0.749. The smallest absolute Gasteiger partial charge is 0.227 e. The van der Waals surface area contributed by atoms with E-state index in [0.29, 0.717) is 11.9 Å². The Bertz CT molecular complexity index is 342. The number of nitrogens with zero attached hydrogens (tertiary/aromatic N) is 1. The summed E-state index contributed by atoms with van der Waals surface area (Å²) in [6.45, 7) is 0.989. The van der Waals surface area contributed by atoms with Crippen molar-refractivity contribution in [1.82, 2.24) is 4.90 Å². The fourth-order valence-corrected chi connectivity index (χ4v) is 4.75. The fraction of sp³-hybridized carbons (Fsp3) is 0.941. The summed E-state index contributed by atoms with van der Waals surface area (Å²) >= 11 is 0. The van der Waals surface area contributed by atoms with Crippen molar-refractivity contribution in [2.45, 2.75) is 82.7 Å². The van der Waals surface area contributed by atoms with Gasteiger partial charge >= 0.3 is 0 Å². The number of nitrogens with two attached hydrogens (primary N) is 1. The molecular formula is C17H30N2O. The van der Waals surface area contributed by atoms with Gasteiger partial charge < -0.3 is 10.6 Å². The molecule has 3 rings (SSSR count). The highest BCUT2D eigenvalue weighted by molar-refractivity contribution is 5.80. The SMILES string of the molecule is NC1CCCCCC1C(=O)N1CCCC2CCCCC21. The molecule has 3 nitrogen and oxygen atoms in total. The van der Waals surface area contributed by atoms with Crippen molar-refractivity contribution in [1.29, 1.82) is 0 Å². The van der Waals surface area contributed by atoms with Gasteiger partial charge in [-0.15, -0.1) is 0 Å². The van der Waals surface area contributed by atoms with Crippen LogP contribution in [-0.4, -0.2) is 29.4 Å². The molecule has 114 valence electrons. The largest absolute Gasteiger partial charge is 0.339 e. The third-order valence-electron chi connectivity index (χ3n) is 5.91. The van der Waals surface area contributed by atoms with Crippen LogP contribution in [0.3, 0.4) is 0 Å². The Kier molecular flexibility index (Phi) is 4.65. The molecule has 3 aliphatic rings. The summed E-state index contributed by atoms with van der Waals surface area (Å²) in [6, 6.07) is 0.648. The molecule has 0 bridgehead atoms. The number of fused-ring (bicyclic) bond motifs is 1. The number of piperidine rings is 1. The molecule has 4 atom stereocenters. The Morgan fingerprint density at radius 3 is 2.45 bits per heavy atom. The predicted molar refractivity (Wildman–Crippen MR) is 81.2 cm³/mol. The molecule has 0 aromatic heterocycles. The summed E-state index contributed by atoms with van der Waals surface area (Å²) in [7, 11) is 0. The standard InChI is InChI=1S/C17H30N2O/c18-15-10-3-1-2-9-14(15)17(20)19-12-6-8-13-7-4-5-11-16(13)19/h13-16H,1-12,18H2. The maximum Gasteiger partial charge on any atom is 0.227 e. The van der Waals surface area contributed by atoms with E-state index in [1.807, 2.05) is 0 Å². The molecule has 1 saturated heterocycles. The topological polar surface area (TPSA) is 46.3 Å². The fourth-order valence-electron chi connectivity index (χ4n) is 4.75. The summed E-state index contributed by atoms with van der Waals surface area (Å²) in [4.78, 5) is 15.3. The molecule has 0 radical (unpaired) electrons. The average Bonchev–Trinajstić information content (AvgIpc) is 2.70. The van der Waals surface area contributed by atoms with Gasteiger partial charge in [0.15, 0.2) is 0 Å². The van der Waals surface area contributed by atoms with Crippen LogP contribution in [0, 0.1) is 11.8 Å². The molecule has 2 N–H and O–H groups in total. The average molecular weight is 278 g/mol. The molecule has 2 saturated carbocycles. The lowest BCUT2D eigenvalue weighted by Crippen LogP contribution is -2.53. The van der Waals surface area contributed by atoms with Crippen LogP contribution in [0.4, 0.5) is 0 Å². The molecule has 1 aliphatic heterocycles. The first-order valence-electron chi connectivity index (χ1n) is 8.83. The van der Waals surface area contributed by atoms with E-state index in [4.69, 9.17) is 5.73 Å². The van der Waals surface area contributed by atoms with Crippen molar-refractivity contribution in [3.63, 3.8) is 0 Å². The normalized spacial score (nSPS) is 39.0. The molecule has 20 heavy (non-hydrogen) atoms. The molecule has 1 amide bonds. The number of amides is 1. The summed E-state index contributed by atoms with van der Waals surface area (Å²) in [6.07, 6.45) is 13.5. The zero-order valence-corrected chi connectivity index (χ0v) is 12.7. The van der Waals surface area contributed by atoms with Gasteiger partial charge in [-0.1, -0.05) is 32.1 Å². The number of carbonyl (C=O) groups is 1. The number of carbonyl (C=O) groups excluding carboxylic acids is 1. The van der Waals surface area contributed by atoms with Gasteiger partial charge in [-0.05, 0) is 44.4 Å². The first-order valence-corrected chi connectivity index (χ1v) is 8.83. The van der Waals surface area contributed by atoms with E-state index >= 15 is 0 Å². The molecule has 1 heterocycles. The van der Waals surface area contributed by atoms with Gasteiger partial charge in [-0.2, -0.15) is 0 Å². The highest BCUT2D eigenvalue weighted by atomic mass is 16.2. The number of hydrogen-bond donors (Lipinski definition) is 1.